The van der Waals surface area contributed by atoms with Crippen LogP contribution in [0.5, 0.6) is 0 Å². The summed E-state index contributed by atoms with van der Waals surface area (Å²) in [5.41, 5.74) is 5.09. The van der Waals surface area contributed by atoms with Gasteiger partial charge in [0.2, 0.25) is 0 Å². The summed E-state index contributed by atoms with van der Waals surface area (Å²) in [6.07, 6.45) is 8.89. The van der Waals surface area contributed by atoms with Crippen molar-refractivity contribution in [1.82, 2.24) is 15.1 Å². The number of aryl methyl sites for hydroxylation is 2. The number of hydrogen-bond donors (Lipinski definition) is 0. The van der Waals surface area contributed by atoms with Gasteiger partial charge < -0.3 is 0 Å². The molecule has 5 heteroatoms. The molecule has 4 nitrogen and oxygen atoms in total. The van der Waals surface area contributed by atoms with Gasteiger partial charge in [0.1, 0.15) is 0 Å². The van der Waals surface area contributed by atoms with Crippen molar-refractivity contribution in [1.29, 1.82) is 0 Å². The van der Waals surface area contributed by atoms with Crippen LogP contribution in [0.3, 0.4) is 0 Å². The Kier molecular flexibility index (Phi) is 4.66. The Bertz CT molecular complexity index is 923. The van der Waals surface area contributed by atoms with Gasteiger partial charge in [-0.05, 0) is 0 Å². The van der Waals surface area contributed by atoms with Gasteiger partial charge >= 0.3 is 164 Å². The summed E-state index contributed by atoms with van der Waals surface area (Å²) in [5, 5.41) is 9.21. The summed E-state index contributed by atoms with van der Waals surface area (Å²) in [6, 6.07) is 10.9. The SMILES string of the molecule is C1=[CH][Y]=[C](N2CCN(c3cc4c(nn3)-c3ccccc3CC4)CC2)C=C1. The van der Waals surface area contributed by atoms with E-state index in [1.54, 1.807) is 2.42 Å². The van der Waals surface area contributed by atoms with E-state index in [9.17, 15) is 0 Å². The molecule has 1 aromatic heterocycles. The van der Waals surface area contributed by atoms with Crippen molar-refractivity contribution in [2.45, 2.75) is 12.8 Å². The molecule has 2 aromatic rings. The molecule has 1 saturated heterocycles. The molecule has 0 bridgehead atoms. The molecule has 0 atom stereocenters. The molecule has 0 radical (unpaired) electrons. The molecule has 0 saturated carbocycles. The maximum atomic E-state index is 4.62. The Morgan fingerprint density at radius 3 is 2.50 bits per heavy atom. The molecule has 0 unspecified atom stereocenters. The normalized spacial score (nSPS) is 18.8. The first kappa shape index (κ1) is 16.7. The van der Waals surface area contributed by atoms with Crippen molar-refractivity contribution in [2.24, 2.45) is 0 Å². The first-order valence-corrected chi connectivity index (χ1v) is 12.4. The van der Waals surface area contributed by atoms with Crippen molar-refractivity contribution in [2.75, 3.05) is 31.1 Å². The Hall–Kier alpha value is -1.49. The number of benzene rings is 1. The second kappa shape index (κ2) is 7.26. The van der Waals surface area contributed by atoms with Gasteiger partial charge in [-0.3, -0.25) is 0 Å². The summed E-state index contributed by atoms with van der Waals surface area (Å²) in [5.74, 6) is 1.05. The third-order valence-electron chi connectivity index (χ3n) is 5.52. The molecule has 0 N–H and O–H groups in total. The summed E-state index contributed by atoms with van der Waals surface area (Å²) in [6.45, 7) is 4.27. The quantitative estimate of drug-likeness (QED) is 0.751. The van der Waals surface area contributed by atoms with Gasteiger partial charge in [-0.2, -0.15) is 0 Å². The summed E-state index contributed by atoms with van der Waals surface area (Å²) in [7, 11) is 0. The van der Waals surface area contributed by atoms with Gasteiger partial charge in [-0.1, -0.05) is 6.07 Å². The minimum atomic E-state index is -0.677. The van der Waals surface area contributed by atoms with Crippen LogP contribution in [0.25, 0.3) is 11.3 Å². The van der Waals surface area contributed by atoms with E-state index in [1.165, 1.54) is 16.7 Å². The van der Waals surface area contributed by atoms with Gasteiger partial charge in [-0.25, -0.2) is 0 Å². The number of nitrogens with zero attached hydrogens (tertiary/aromatic N) is 4. The fourth-order valence-electron chi connectivity index (χ4n) is 4.06. The zero-order valence-electron chi connectivity index (χ0n) is 14.8. The fourth-order valence-corrected chi connectivity index (χ4v) is 6.83. The van der Waals surface area contributed by atoms with E-state index < -0.39 is 28.7 Å². The van der Waals surface area contributed by atoms with Crippen LogP contribution in [-0.2, 0) is 41.5 Å². The minimum absolute atomic E-state index is 0.677. The van der Waals surface area contributed by atoms with Crippen molar-refractivity contribution in [3.05, 3.63) is 62.6 Å². The van der Waals surface area contributed by atoms with Crippen LogP contribution in [0.15, 0.2) is 51.4 Å². The van der Waals surface area contributed by atoms with Gasteiger partial charge in [0, 0.05) is 0 Å². The van der Waals surface area contributed by atoms with E-state index in [4.69, 9.17) is 0 Å². The standard InChI is InChI=1S/C21H21N4.Y/c1-2-3-6-11-24-12-14-25(15-13-24)20-16-18-10-9-17-7-4-5-8-19(17)21(18)23-22-20;/h1-8,16H,9-10,12-15H2;. The molecule has 26 heavy (non-hydrogen) atoms. The van der Waals surface area contributed by atoms with Gasteiger partial charge in [0.05, 0.1) is 0 Å². The summed E-state index contributed by atoms with van der Waals surface area (Å²) >= 11 is -0.677. The van der Waals surface area contributed by atoms with Crippen molar-refractivity contribution < 1.29 is 28.7 Å². The van der Waals surface area contributed by atoms with Gasteiger partial charge in [0.15, 0.2) is 0 Å². The molecular weight excluding hydrogens is 397 g/mol. The second-order valence-corrected chi connectivity index (χ2v) is 10.3. The van der Waals surface area contributed by atoms with E-state index in [0.717, 1.165) is 50.5 Å². The van der Waals surface area contributed by atoms with Gasteiger partial charge in [0.25, 0.3) is 0 Å². The Morgan fingerprint density at radius 1 is 0.846 bits per heavy atom. The van der Waals surface area contributed by atoms with Crippen LogP contribution in [0.4, 0.5) is 5.82 Å². The molecule has 128 valence electrons. The third-order valence-corrected chi connectivity index (χ3v) is 8.75. The van der Waals surface area contributed by atoms with E-state index >= 15 is 0 Å². The Morgan fingerprint density at radius 2 is 1.65 bits per heavy atom. The number of allylic oxidation sites excluding steroid dienone is 2. The van der Waals surface area contributed by atoms with Crippen LogP contribution in [-0.4, -0.2) is 43.7 Å². The summed E-state index contributed by atoms with van der Waals surface area (Å²) < 4.78 is 4.04. The topological polar surface area (TPSA) is 32.3 Å². The molecule has 5 rings (SSSR count). The average Bonchev–Trinajstić information content (AvgIpc) is 2.74. The van der Waals surface area contributed by atoms with Crippen LogP contribution < -0.4 is 4.90 Å². The molecule has 2 aliphatic heterocycles. The van der Waals surface area contributed by atoms with Crippen LogP contribution in [0.2, 0.25) is 0 Å². The summed E-state index contributed by atoms with van der Waals surface area (Å²) in [4.78, 5) is 4.99. The molecule has 3 aliphatic rings. The third kappa shape index (κ3) is 3.15. The van der Waals surface area contributed by atoms with E-state index in [-0.39, 0.29) is 0 Å². The second-order valence-electron chi connectivity index (χ2n) is 7.04. The van der Waals surface area contributed by atoms with E-state index in [1.807, 2.05) is 0 Å². The first-order chi connectivity index (χ1) is 12.9. The average molecular weight is 418 g/mol. The molecule has 1 aliphatic carbocycles. The predicted molar refractivity (Wildman–Crippen MR) is 102 cm³/mol. The van der Waals surface area contributed by atoms with Crippen LogP contribution in [0, 0.1) is 0 Å². The Labute approximate surface area is 169 Å². The van der Waals surface area contributed by atoms with E-state index in [0.29, 0.717) is 0 Å². The predicted octanol–water partition coefficient (Wildman–Crippen LogP) is 2.66. The molecule has 1 aromatic carbocycles. The van der Waals surface area contributed by atoms with Gasteiger partial charge in [-0.15, -0.1) is 0 Å². The molecular formula is C21H21N4Y. The molecule has 1 fully saturated rings. The number of piperazine rings is 1. The number of anilines is 1. The van der Waals surface area contributed by atoms with Crippen molar-refractivity contribution in [3.8, 4) is 11.3 Å². The zero-order chi connectivity index (χ0) is 17.3. The number of rotatable bonds is 2. The van der Waals surface area contributed by atoms with Crippen molar-refractivity contribution >= 4 is 8.24 Å². The van der Waals surface area contributed by atoms with Crippen molar-refractivity contribution in [3.63, 3.8) is 0 Å². The van der Waals surface area contributed by atoms with Crippen LogP contribution in [0.1, 0.15) is 11.1 Å². The molecule has 0 spiro atoms. The maximum absolute atomic E-state index is 4.62. The number of aromatic nitrogens is 2. The number of hydrogen-bond acceptors (Lipinski definition) is 4. The fraction of sp³-hybridized carbons (Fsp3) is 0.286. The monoisotopic (exact) mass is 418 g/mol. The number of fused-ring (bicyclic) bond motifs is 3. The molecule has 3 heterocycles. The van der Waals surface area contributed by atoms with Crippen LogP contribution >= 0.6 is 0 Å². The zero-order valence-corrected chi connectivity index (χ0v) is 17.6. The molecule has 0 amide bonds. The Balaban J connectivity index is 1.34. The van der Waals surface area contributed by atoms with E-state index in [2.05, 4.69) is 71.4 Å². The first-order valence-electron chi connectivity index (χ1n) is 9.38.